The Morgan fingerprint density at radius 3 is 2.77 bits per heavy atom. The first-order valence-electron chi connectivity index (χ1n) is 8.56. The molecule has 3 aromatic rings. The van der Waals surface area contributed by atoms with Crippen molar-refractivity contribution in [3.8, 4) is 11.3 Å². The van der Waals surface area contributed by atoms with Gasteiger partial charge in [-0.3, -0.25) is 9.59 Å². The Bertz CT molecular complexity index is 1050. The fourth-order valence-electron chi connectivity index (χ4n) is 3.13. The van der Waals surface area contributed by atoms with E-state index in [-0.39, 0.29) is 11.5 Å². The molecule has 0 unspecified atom stereocenters. The third kappa shape index (κ3) is 2.86. The van der Waals surface area contributed by atoms with E-state index in [2.05, 4.69) is 9.97 Å². The molecule has 134 valence electrons. The molecule has 7 nitrogen and oxygen atoms in total. The Morgan fingerprint density at radius 1 is 1.27 bits per heavy atom. The van der Waals surface area contributed by atoms with Crippen molar-refractivity contribution in [3.63, 3.8) is 0 Å². The van der Waals surface area contributed by atoms with Crippen molar-refractivity contribution in [2.24, 2.45) is 7.05 Å². The first-order chi connectivity index (χ1) is 12.5. The summed E-state index contributed by atoms with van der Waals surface area (Å²) in [6.07, 6.45) is 6.50. The maximum absolute atomic E-state index is 12.8. The van der Waals surface area contributed by atoms with Gasteiger partial charge in [-0.25, -0.2) is 9.97 Å². The lowest BCUT2D eigenvalue weighted by molar-refractivity contribution is 0.0730. The molecule has 4 rings (SSSR count). The number of fused-ring (bicyclic) bond motifs is 1. The number of nitrogens with two attached hydrogens (primary N) is 1. The van der Waals surface area contributed by atoms with Gasteiger partial charge in [-0.1, -0.05) is 0 Å². The highest BCUT2D eigenvalue weighted by Gasteiger charge is 2.24. The molecule has 0 radical (unpaired) electrons. The van der Waals surface area contributed by atoms with Crippen molar-refractivity contribution in [2.75, 3.05) is 18.8 Å². The second kappa shape index (κ2) is 6.53. The number of anilines is 1. The van der Waals surface area contributed by atoms with E-state index in [1.807, 2.05) is 11.0 Å². The van der Waals surface area contributed by atoms with Gasteiger partial charge >= 0.3 is 0 Å². The van der Waals surface area contributed by atoms with Crippen LogP contribution >= 0.6 is 11.3 Å². The van der Waals surface area contributed by atoms with E-state index in [0.29, 0.717) is 32.2 Å². The Morgan fingerprint density at radius 2 is 2.04 bits per heavy atom. The number of thiophene rings is 1. The van der Waals surface area contributed by atoms with E-state index >= 15 is 0 Å². The number of piperidine rings is 1. The highest BCUT2D eigenvalue weighted by molar-refractivity contribution is 7.21. The molecule has 0 bridgehead atoms. The number of nitrogen functional groups attached to an aromatic ring is 1. The van der Waals surface area contributed by atoms with Crippen LogP contribution < -0.4 is 11.3 Å². The lowest BCUT2D eigenvalue weighted by Crippen LogP contribution is -2.35. The third-order valence-corrected chi connectivity index (χ3v) is 5.75. The van der Waals surface area contributed by atoms with Gasteiger partial charge in [-0.15, -0.1) is 11.3 Å². The summed E-state index contributed by atoms with van der Waals surface area (Å²) < 4.78 is 1.49. The number of amides is 1. The Hall–Kier alpha value is -2.74. The minimum absolute atomic E-state index is 0.0397. The van der Waals surface area contributed by atoms with Gasteiger partial charge in [-0.05, 0) is 25.3 Å². The number of likely N-dealkylation sites (tertiary alicyclic amines) is 1. The average molecular weight is 369 g/mol. The molecule has 3 aromatic heterocycles. The maximum atomic E-state index is 12.8. The zero-order valence-corrected chi connectivity index (χ0v) is 15.3. The molecule has 1 aliphatic rings. The van der Waals surface area contributed by atoms with Gasteiger partial charge in [0.25, 0.3) is 11.5 Å². The molecular weight excluding hydrogens is 350 g/mol. The van der Waals surface area contributed by atoms with Crippen LogP contribution in [0, 0.1) is 0 Å². The van der Waals surface area contributed by atoms with Crippen molar-refractivity contribution >= 4 is 33.3 Å². The largest absolute Gasteiger partial charge is 0.396 e. The van der Waals surface area contributed by atoms with Gasteiger partial charge in [0.15, 0.2) is 0 Å². The number of aromatic nitrogens is 3. The summed E-state index contributed by atoms with van der Waals surface area (Å²) in [5.41, 5.74) is 8.29. The Labute approximate surface area is 154 Å². The van der Waals surface area contributed by atoms with E-state index in [0.717, 1.165) is 32.4 Å². The predicted octanol–water partition coefficient (Wildman–Crippen LogP) is 2.27. The SMILES string of the molecule is Cn1ccc(-c2cnc3c(N)c(C(=O)N4CCCCC4)sc3n2)cc1=O. The van der Waals surface area contributed by atoms with Crippen molar-refractivity contribution in [3.05, 3.63) is 39.8 Å². The molecule has 8 heteroatoms. The minimum atomic E-state index is -0.115. The van der Waals surface area contributed by atoms with Crippen LogP contribution in [0.2, 0.25) is 0 Å². The number of aryl methyl sites for hydroxylation is 1. The fourth-order valence-corrected chi connectivity index (χ4v) is 4.15. The number of pyridine rings is 1. The Balaban J connectivity index is 1.74. The van der Waals surface area contributed by atoms with Gasteiger partial charge in [0.1, 0.15) is 15.2 Å². The molecule has 1 saturated heterocycles. The number of carbonyl (C=O) groups excluding carboxylic acids is 1. The molecule has 1 fully saturated rings. The second-order valence-corrected chi connectivity index (χ2v) is 7.47. The summed E-state index contributed by atoms with van der Waals surface area (Å²) in [5, 5.41) is 0. The molecule has 0 atom stereocenters. The van der Waals surface area contributed by atoms with Crippen LogP contribution in [0.3, 0.4) is 0 Å². The highest BCUT2D eigenvalue weighted by atomic mass is 32.1. The highest BCUT2D eigenvalue weighted by Crippen LogP contribution is 2.33. The summed E-state index contributed by atoms with van der Waals surface area (Å²) in [4.78, 5) is 36.6. The van der Waals surface area contributed by atoms with Crippen LogP contribution in [0.4, 0.5) is 5.69 Å². The fraction of sp³-hybridized carbons (Fsp3) is 0.333. The van der Waals surface area contributed by atoms with Gasteiger partial charge in [0.2, 0.25) is 0 Å². The first kappa shape index (κ1) is 16.7. The molecule has 0 aliphatic carbocycles. The molecular formula is C18H19N5O2S. The normalized spacial score (nSPS) is 14.7. The third-order valence-electron chi connectivity index (χ3n) is 4.68. The minimum Gasteiger partial charge on any atom is -0.396 e. The molecule has 0 saturated carbocycles. The van der Waals surface area contributed by atoms with Crippen molar-refractivity contribution < 1.29 is 4.79 Å². The van der Waals surface area contributed by atoms with Gasteiger partial charge in [-0.2, -0.15) is 0 Å². The predicted molar refractivity (Wildman–Crippen MR) is 102 cm³/mol. The average Bonchev–Trinajstić information content (AvgIpc) is 3.00. The number of nitrogens with zero attached hydrogens (tertiary/aromatic N) is 4. The molecule has 1 aliphatic heterocycles. The smallest absolute Gasteiger partial charge is 0.266 e. The van der Waals surface area contributed by atoms with E-state index in [4.69, 9.17) is 5.73 Å². The zero-order valence-electron chi connectivity index (χ0n) is 14.4. The van der Waals surface area contributed by atoms with Crippen molar-refractivity contribution in [1.82, 2.24) is 19.4 Å². The summed E-state index contributed by atoms with van der Waals surface area (Å²) in [6.45, 7) is 1.54. The van der Waals surface area contributed by atoms with Gasteiger partial charge in [0, 0.05) is 38.0 Å². The number of hydrogen-bond donors (Lipinski definition) is 1. The van der Waals surface area contributed by atoms with Crippen LogP contribution in [-0.2, 0) is 7.05 Å². The number of rotatable bonds is 2. The van der Waals surface area contributed by atoms with Crippen LogP contribution in [0.25, 0.3) is 21.6 Å². The summed E-state index contributed by atoms with van der Waals surface area (Å²) in [6, 6.07) is 3.33. The van der Waals surface area contributed by atoms with Crippen LogP contribution in [-0.4, -0.2) is 38.4 Å². The van der Waals surface area contributed by atoms with Crippen LogP contribution in [0.15, 0.2) is 29.3 Å². The molecule has 2 N–H and O–H groups in total. The topological polar surface area (TPSA) is 94.1 Å². The molecule has 4 heterocycles. The molecule has 0 spiro atoms. The monoisotopic (exact) mass is 369 g/mol. The van der Waals surface area contributed by atoms with E-state index < -0.39 is 0 Å². The number of hydrogen-bond acceptors (Lipinski definition) is 6. The lowest BCUT2D eigenvalue weighted by atomic mass is 10.1. The molecule has 1 amide bonds. The first-order valence-corrected chi connectivity index (χ1v) is 9.37. The summed E-state index contributed by atoms with van der Waals surface area (Å²) in [5.74, 6) is -0.0397. The van der Waals surface area contributed by atoms with Gasteiger partial charge in [0.05, 0.1) is 17.6 Å². The molecule has 0 aromatic carbocycles. The Kier molecular flexibility index (Phi) is 4.20. The van der Waals surface area contributed by atoms with Crippen molar-refractivity contribution in [1.29, 1.82) is 0 Å². The van der Waals surface area contributed by atoms with E-state index in [1.54, 1.807) is 19.4 Å². The van der Waals surface area contributed by atoms with Crippen LogP contribution in [0.5, 0.6) is 0 Å². The zero-order chi connectivity index (χ0) is 18.3. The quantitative estimate of drug-likeness (QED) is 0.748. The summed E-state index contributed by atoms with van der Waals surface area (Å²) >= 11 is 1.27. The molecule has 26 heavy (non-hydrogen) atoms. The van der Waals surface area contributed by atoms with Gasteiger partial charge < -0.3 is 15.2 Å². The lowest BCUT2D eigenvalue weighted by Gasteiger charge is -2.26. The van der Waals surface area contributed by atoms with Crippen LogP contribution in [0.1, 0.15) is 28.9 Å². The van der Waals surface area contributed by atoms with E-state index in [9.17, 15) is 9.59 Å². The number of carbonyl (C=O) groups is 1. The maximum Gasteiger partial charge on any atom is 0.266 e. The second-order valence-electron chi connectivity index (χ2n) is 6.47. The van der Waals surface area contributed by atoms with E-state index in [1.165, 1.54) is 22.0 Å². The standard InChI is InChI=1S/C18H19N5O2S/c1-22-8-5-11(9-13(22)24)12-10-20-15-14(19)16(26-17(15)21-12)18(25)23-6-3-2-4-7-23/h5,8-10H,2-4,6-7,19H2,1H3. The summed E-state index contributed by atoms with van der Waals surface area (Å²) in [7, 11) is 1.69. The van der Waals surface area contributed by atoms with Crippen molar-refractivity contribution in [2.45, 2.75) is 19.3 Å².